The molecule has 6 heteroatoms. The summed E-state index contributed by atoms with van der Waals surface area (Å²) in [5, 5.41) is 6.00. The normalized spacial score (nSPS) is 10.1. The van der Waals surface area contributed by atoms with Crippen molar-refractivity contribution >= 4 is 28.2 Å². The van der Waals surface area contributed by atoms with Crippen molar-refractivity contribution in [2.24, 2.45) is 0 Å². The second-order valence-electron chi connectivity index (χ2n) is 3.56. The van der Waals surface area contributed by atoms with Crippen LogP contribution in [0.4, 0.5) is 5.00 Å². The Morgan fingerprint density at radius 2 is 2.00 bits per heavy atom. The predicted octanol–water partition coefficient (Wildman–Crippen LogP) is 1.31. The molecular formula is C11H16N2O3S. The molecule has 1 amide bonds. The van der Waals surface area contributed by atoms with Crippen LogP contribution in [0.5, 0.6) is 0 Å². The van der Waals surface area contributed by atoms with Gasteiger partial charge in [-0.2, -0.15) is 0 Å². The second kappa shape index (κ2) is 5.79. The van der Waals surface area contributed by atoms with Crippen molar-refractivity contribution in [2.45, 2.75) is 13.8 Å². The summed E-state index contributed by atoms with van der Waals surface area (Å²) in [6.45, 7) is 3.95. The highest BCUT2D eigenvalue weighted by atomic mass is 32.1. The van der Waals surface area contributed by atoms with Gasteiger partial charge in [-0.05, 0) is 26.5 Å². The lowest BCUT2D eigenvalue weighted by Gasteiger charge is -2.05. The first-order valence-corrected chi connectivity index (χ1v) is 5.95. The minimum atomic E-state index is -0.424. The van der Waals surface area contributed by atoms with E-state index in [2.05, 4.69) is 10.6 Å². The smallest absolute Gasteiger partial charge is 0.341 e. The number of nitrogens with one attached hydrogen (secondary N) is 2. The van der Waals surface area contributed by atoms with Crippen LogP contribution in [0.2, 0.25) is 0 Å². The van der Waals surface area contributed by atoms with E-state index in [0.29, 0.717) is 10.6 Å². The number of rotatable bonds is 4. The maximum absolute atomic E-state index is 11.6. The zero-order valence-electron chi connectivity index (χ0n) is 10.3. The predicted molar refractivity (Wildman–Crippen MR) is 67.7 cm³/mol. The molecule has 5 nitrogen and oxygen atoms in total. The molecule has 0 aliphatic heterocycles. The van der Waals surface area contributed by atoms with Crippen LogP contribution in [0.1, 0.15) is 20.8 Å². The molecule has 1 aromatic rings. The third-order valence-corrected chi connectivity index (χ3v) is 3.49. The first-order valence-electron chi connectivity index (χ1n) is 5.14. The molecule has 1 rings (SSSR count). The molecule has 0 radical (unpaired) electrons. The summed E-state index contributed by atoms with van der Waals surface area (Å²) in [6, 6.07) is 0. The topological polar surface area (TPSA) is 67.4 Å². The van der Waals surface area contributed by atoms with E-state index < -0.39 is 5.97 Å². The molecule has 0 fully saturated rings. The Hall–Kier alpha value is -1.40. The zero-order valence-corrected chi connectivity index (χ0v) is 11.2. The van der Waals surface area contributed by atoms with Gasteiger partial charge in [-0.15, -0.1) is 11.3 Å². The quantitative estimate of drug-likeness (QED) is 0.797. The molecule has 0 aliphatic carbocycles. The minimum absolute atomic E-state index is 0.182. The fourth-order valence-electron chi connectivity index (χ4n) is 1.39. The van der Waals surface area contributed by atoms with Gasteiger partial charge in [0.05, 0.1) is 19.2 Å². The number of aryl methyl sites for hydroxylation is 1. The van der Waals surface area contributed by atoms with Crippen molar-refractivity contribution in [2.75, 3.05) is 26.0 Å². The lowest BCUT2D eigenvalue weighted by atomic mass is 10.1. The van der Waals surface area contributed by atoms with Gasteiger partial charge < -0.3 is 15.4 Å². The molecular weight excluding hydrogens is 240 g/mol. The van der Waals surface area contributed by atoms with Crippen LogP contribution >= 0.6 is 11.3 Å². The SMILES string of the molecule is CNCC(=O)Nc1sc(C)c(C)c1C(=O)OC. The number of ether oxygens (including phenoxy) is 1. The number of carbonyl (C=O) groups is 2. The molecule has 2 N–H and O–H groups in total. The molecule has 0 atom stereocenters. The average molecular weight is 256 g/mol. The van der Waals surface area contributed by atoms with Gasteiger partial charge in [-0.1, -0.05) is 0 Å². The van der Waals surface area contributed by atoms with E-state index in [0.717, 1.165) is 10.4 Å². The van der Waals surface area contributed by atoms with Crippen LogP contribution in [0, 0.1) is 13.8 Å². The number of carbonyl (C=O) groups excluding carboxylic acids is 2. The number of amides is 1. The molecule has 1 aromatic heterocycles. The number of esters is 1. The number of hydrogen-bond donors (Lipinski definition) is 2. The monoisotopic (exact) mass is 256 g/mol. The second-order valence-corrected chi connectivity index (χ2v) is 4.78. The van der Waals surface area contributed by atoms with Crippen molar-refractivity contribution in [1.82, 2.24) is 5.32 Å². The summed E-state index contributed by atoms with van der Waals surface area (Å²) in [4.78, 5) is 24.1. The Morgan fingerprint density at radius 3 is 2.53 bits per heavy atom. The number of anilines is 1. The lowest BCUT2D eigenvalue weighted by Crippen LogP contribution is -2.25. The zero-order chi connectivity index (χ0) is 13.0. The van der Waals surface area contributed by atoms with E-state index in [9.17, 15) is 9.59 Å². The lowest BCUT2D eigenvalue weighted by molar-refractivity contribution is -0.115. The largest absolute Gasteiger partial charge is 0.465 e. The molecule has 0 bridgehead atoms. The Kier molecular flexibility index (Phi) is 4.65. The van der Waals surface area contributed by atoms with Gasteiger partial charge in [-0.3, -0.25) is 4.79 Å². The van der Waals surface area contributed by atoms with E-state index in [1.165, 1.54) is 18.4 Å². The van der Waals surface area contributed by atoms with Crippen molar-refractivity contribution in [3.05, 3.63) is 16.0 Å². The fourth-order valence-corrected chi connectivity index (χ4v) is 2.46. The van der Waals surface area contributed by atoms with E-state index in [-0.39, 0.29) is 12.5 Å². The third kappa shape index (κ3) is 3.04. The highest BCUT2D eigenvalue weighted by Crippen LogP contribution is 2.32. The minimum Gasteiger partial charge on any atom is -0.465 e. The summed E-state index contributed by atoms with van der Waals surface area (Å²) in [5.41, 5.74) is 1.29. The number of hydrogen-bond acceptors (Lipinski definition) is 5. The van der Waals surface area contributed by atoms with Crippen LogP contribution in [-0.4, -0.2) is 32.6 Å². The molecule has 0 spiro atoms. The van der Waals surface area contributed by atoms with E-state index >= 15 is 0 Å². The molecule has 0 unspecified atom stereocenters. The van der Waals surface area contributed by atoms with Gasteiger partial charge in [0.15, 0.2) is 0 Å². The molecule has 0 aliphatic rings. The van der Waals surface area contributed by atoms with Gasteiger partial charge in [0, 0.05) is 4.88 Å². The Labute approximate surface area is 104 Å². The summed E-state index contributed by atoms with van der Waals surface area (Å²) in [5.74, 6) is -0.606. The van der Waals surface area contributed by atoms with Gasteiger partial charge in [0.2, 0.25) is 5.91 Å². The van der Waals surface area contributed by atoms with Gasteiger partial charge in [-0.25, -0.2) is 4.79 Å². The summed E-state index contributed by atoms with van der Waals surface area (Å²) < 4.78 is 4.71. The fraction of sp³-hybridized carbons (Fsp3) is 0.455. The van der Waals surface area contributed by atoms with Crippen molar-refractivity contribution in [3.63, 3.8) is 0 Å². The third-order valence-electron chi connectivity index (χ3n) is 2.37. The summed E-state index contributed by atoms with van der Waals surface area (Å²) in [7, 11) is 3.01. The van der Waals surface area contributed by atoms with Crippen molar-refractivity contribution in [3.8, 4) is 0 Å². The van der Waals surface area contributed by atoms with Gasteiger partial charge in [0.1, 0.15) is 5.00 Å². The van der Waals surface area contributed by atoms with Crippen LogP contribution in [-0.2, 0) is 9.53 Å². The van der Waals surface area contributed by atoms with E-state index in [4.69, 9.17) is 4.74 Å². The first-order chi connectivity index (χ1) is 8.01. The molecule has 0 saturated carbocycles. The first kappa shape index (κ1) is 13.7. The average Bonchev–Trinajstić information content (AvgIpc) is 2.54. The van der Waals surface area contributed by atoms with Crippen LogP contribution in [0.3, 0.4) is 0 Å². The molecule has 0 saturated heterocycles. The summed E-state index contributed by atoms with van der Waals surface area (Å²) in [6.07, 6.45) is 0. The van der Waals surface area contributed by atoms with Crippen LogP contribution < -0.4 is 10.6 Å². The summed E-state index contributed by atoms with van der Waals surface area (Å²) >= 11 is 1.38. The van der Waals surface area contributed by atoms with Crippen LogP contribution in [0.15, 0.2) is 0 Å². The number of thiophene rings is 1. The Balaban J connectivity index is 3.03. The maximum Gasteiger partial charge on any atom is 0.341 e. The molecule has 0 aromatic carbocycles. The number of methoxy groups -OCH3 is 1. The molecule has 17 heavy (non-hydrogen) atoms. The molecule has 1 heterocycles. The highest BCUT2D eigenvalue weighted by Gasteiger charge is 2.21. The Bertz CT molecular complexity index is 440. The molecule has 94 valence electrons. The van der Waals surface area contributed by atoms with E-state index in [1.54, 1.807) is 7.05 Å². The standard InChI is InChI=1S/C11H16N2O3S/c1-6-7(2)17-10(9(6)11(15)16-4)13-8(14)5-12-3/h12H,5H2,1-4H3,(H,13,14). The van der Waals surface area contributed by atoms with Crippen molar-refractivity contribution < 1.29 is 14.3 Å². The maximum atomic E-state index is 11.6. The van der Waals surface area contributed by atoms with Crippen LogP contribution in [0.25, 0.3) is 0 Å². The van der Waals surface area contributed by atoms with Gasteiger partial charge >= 0.3 is 5.97 Å². The van der Waals surface area contributed by atoms with Crippen molar-refractivity contribution in [1.29, 1.82) is 0 Å². The number of likely N-dealkylation sites (N-methyl/N-ethyl adjacent to an activating group) is 1. The van der Waals surface area contributed by atoms with Gasteiger partial charge in [0.25, 0.3) is 0 Å². The van der Waals surface area contributed by atoms with E-state index in [1.807, 2.05) is 13.8 Å². The highest BCUT2D eigenvalue weighted by molar-refractivity contribution is 7.16. The Morgan fingerprint density at radius 1 is 1.35 bits per heavy atom.